The SMILES string of the molecule is CCSCc1ncc(CNCC(C)C)s1. The maximum atomic E-state index is 4.41. The lowest BCUT2D eigenvalue weighted by atomic mass is 10.2. The topological polar surface area (TPSA) is 24.9 Å². The molecular weight excluding hydrogens is 224 g/mol. The van der Waals surface area contributed by atoms with Crippen molar-refractivity contribution >= 4 is 23.1 Å². The maximum absolute atomic E-state index is 4.41. The Kier molecular flexibility index (Phi) is 6.29. The molecule has 0 saturated heterocycles. The number of nitrogens with one attached hydrogen (secondary N) is 1. The summed E-state index contributed by atoms with van der Waals surface area (Å²) in [5, 5.41) is 4.69. The fourth-order valence-electron chi connectivity index (χ4n) is 1.17. The van der Waals surface area contributed by atoms with E-state index in [1.54, 1.807) is 0 Å². The first-order valence-corrected chi connectivity index (χ1v) is 7.41. The molecule has 15 heavy (non-hydrogen) atoms. The molecule has 0 radical (unpaired) electrons. The van der Waals surface area contributed by atoms with E-state index < -0.39 is 0 Å². The molecule has 86 valence electrons. The van der Waals surface area contributed by atoms with E-state index in [9.17, 15) is 0 Å². The molecule has 4 heteroatoms. The standard InChI is InChI=1S/C11H20N2S2/c1-4-14-8-11-13-7-10(15-11)6-12-5-9(2)3/h7,9,12H,4-6,8H2,1-3H3. The second kappa shape index (κ2) is 7.25. The molecular formula is C11H20N2S2. The van der Waals surface area contributed by atoms with E-state index in [0.717, 1.165) is 18.8 Å². The molecule has 0 atom stereocenters. The third kappa shape index (κ3) is 5.54. The summed E-state index contributed by atoms with van der Waals surface area (Å²) in [5.74, 6) is 2.94. The Morgan fingerprint density at radius 3 is 3.00 bits per heavy atom. The summed E-state index contributed by atoms with van der Waals surface area (Å²) in [6, 6.07) is 0. The number of aromatic nitrogens is 1. The van der Waals surface area contributed by atoms with Crippen molar-refractivity contribution in [1.29, 1.82) is 0 Å². The van der Waals surface area contributed by atoms with Crippen LogP contribution in [-0.4, -0.2) is 17.3 Å². The van der Waals surface area contributed by atoms with Crippen molar-refractivity contribution in [2.24, 2.45) is 5.92 Å². The minimum Gasteiger partial charge on any atom is -0.312 e. The molecule has 2 nitrogen and oxygen atoms in total. The Morgan fingerprint density at radius 1 is 1.53 bits per heavy atom. The number of hydrogen-bond acceptors (Lipinski definition) is 4. The lowest BCUT2D eigenvalue weighted by molar-refractivity contribution is 0.554. The molecule has 1 rings (SSSR count). The Balaban J connectivity index is 2.26. The molecule has 0 saturated carbocycles. The van der Waals surface area contributed by atoms with E-state index in [1.165, 1.54) is 15.6 Å². The van der Waals surface area contributed by atoms with Gasteiger partial charge in [0.15, 0.2) is 0 Å². The molecule has 1 aromatic rings. The van der Waals surface area contributed by atoms with E-state index in [2.05, 4.69) is 31.1 Å². The van der Waals surface area contributed by atoms with Crippen molar-refractivity contribution in [3.05, 3.63) is 16.1 Å². The van der Waals surface area contributed by atoms with Gasteiger partial charge in [-0.2, -0.15) is 11.8 Å². The van der Waals surface area contributed by atoms with E-state index in [0.29, 0.717) is 5.92 Å². The predicted octanol–water partition coefficient (Wildman–Crippen LogP) is 3.14. The van der Waals surface area contributed by atoms with Crippen molar-refractivity contribution in [1.82, 2.24) is 10.3 Å². The molecule has 0 spiro atoms. The Bertz CT molecular complexity index is 271. The van der Waals surface area contributed by atoms with Gasteiger partial charge in [0.25, 0.3) is 0 Å². The van der Waals surface area contributed by atoms with Gasteiger partial charge >= 0.3 is 0 Å². The monoisotopic (exact) mass is 244 g/mol. The van der Waals surface area contributed by atoms with Crippen LogP contribution in [-0.2, 0) is 12.3 Å². The van der Waals surface area contributed by atoms with Gasteiger partial charge in [0.1, 0.15) is 5.01 Å². The quantitative estimate of drug-likeness (QED) is 0.797. The van der Waals surface area contributed by atoms with Crippen LogP contribution >= 0.6 is 23.1 Å². The normalized spacial score (nSPS) is 11.2. The largest absolute Gasteiger partial charge is 0.312 e. The summed E-state index contributed by atoms with van der Waals surface area (Å²) in [5.41, 5.74) is 0. The molecule has 0 aromatic carbocycles. The van der Waals surface area contributed by atoms with Crippen molar-refractivity contribution in [2.75, 3.05) is 12.3 Å². The summed E-state index contributed by atoms with van der Waals surface area (Å²) in [4.78, 5) is 5.76. The van der Waals surface area contributed by atoms with Crippen LogP contribution in [0.3, 0.4) is 0 Å². The van der Waals surface area contributed by atoms with Gasteiger partial charge in [0.2, 0.25) is 0 Å². The summed E-state index contributed by atoms with van der Waals surface area (Å²) in [6.45, 7) is 8.68. The molecule has 0 aliphatic rings. The molecule has 0 amide bonds. The summed E-state index contributed by atoms with van der Waals surface area (Å²) in [6.07, 6.45) is 2.00. The molecule has 1 N–H and O–H groups in total. The average Bonchev–Trinajstić information content (AvgIpc) is 2.62. The van der Waals surface area contributed by atoms with Crippen LogP contribution in [0.15, 0.2) is 6.20 Å². The van der Waals surface area contributed by atoms with Crippen molar-refractivity contribution < 1.29 is 0 Å². The number of thioether (sulfide) groups is 1. The lowest BCUT2D eigenvalue weighted by Gasteiger charge is -2.04. The van der Waals surface area contributed by atoms with E-state index in [1.807, 2.05) is 29.3 Å². The van der Waals surface area contributed by atoms with Crippen LogP contribution < -0.4 is 5.32 Å². The zero-order valence-electron chi connectivity index (χ0n) is 9.75. The number of hydrogen-bond donors (Lipinski definition) is 1. The first-order chi connectivity index (χ1) is 7.22. The molecule has 1 aromatic heterocycles. The summed E-state index contributed by atoms with van der Waals surface area (Å²) < 4.78 is 0. The van der Waals surface area contributed by atoms with Gasteiger partial charge in [0.05, 0.1) is 0 Å². The highest BCUT2D eigenvalue weighted by atomic mass is 32.2. The van der Waals surface area contributed by atoms with Crippen LogP contribution in [0.4, 0.5) is 0 Å². The smallest absolute Gasteiger partial charge is 0.103 e. The van der Waals surface area contributed by atoms with Crippen LogP contribution in [0, 0.1) is 5.92 Å². The van der Waals surface area contributed by atoms with Crippen molar-refractivity contribution in [2.45, 2.75) is 33.1 Å². The first-order valence-electron chi connectivity index (χ1n) is 5.44. The van der Waals surface area contributed by atoms with E-state index >= 15 is 0 Å². The molecule has 0 unspecified atom stereocenters. The van der Waals surface area contributed by atoms with Gasteiger partial charge in [-0.15, -0.1) is 11.3 Å². The first kappa shape index (κ1) is 13.0. The zero-order valence-corrected chi connectivity index (χ0v) is 11.4. The summed E-state index contributed by atoms with van der Waals surface area (Å²) >= 11 is 3.76. The number of thiazole rings is 1. The van der Waals surface area contributed by atoms with Crippen LogP contribution in [0.2, 0.25) is 0 Å². The van der Waals surface area contributed by atoms with Gasteiger partial charge in [-0.25, -0.2) is 4.98 Å². The van der Waals surface area contributed by atoms with Crippen LogP contribution in [0.25, 0.3) is 0 Å². The minimum absolute atomic E-state index is 0.716. The second-order valence-electron chi connectivity index (χ2n) is 3.88. The Hall–Kier alpha value is -0.0600. The van der Waals surface area contributed by atoms with Crippen LogP contribution in [0.1, 0.15) is 30.7 Å². The Morgan fingerprint density at radius 2 is 2.33 bits per heavy atom. The van der Waals surface area contributed by atoms with Gasteiger partial charge in [-0.3, -0.25) is 0 Å². The molecule has 0 fully saturated rings. The fraction of sp³-hybridized carbons (Fsp3) is 0.727. The lowest BCUT2D eigenvalue weighted by Crippen LogP contribution is -2.18. The molecule has 0 bridgehead atoms. The molecule has 0 aliphatic heterocycles. The van der Waals surface area contributed by atoms with Gasteiger partial charge in [-0.05, 0) is 18.2 Å². The number of rotatable bonds is 7. The van der Waals surface area contributed by atoms with Crippen LogP contribution in [0.5, 0.6) is 0 Å². The fourth-order valence-corrected chi connectivity index (χ4v) is 2.80. The van der Waals surface area contributed by atoms with Gasteiger partial charge in [0, 0.05) is 23.4 Å². The van der Waals surface area contributed by atoms with Crippen molar-refractivity contribution in [3.63, 3.8) is 0 Å². The molecule has 1 heterocycles. The molecule has 0 aliphatic carbocycles. The second-order valence-corrected chi connectivity index (χ2v) is 6.36. The maximum Gasteiger partial charge on any atom is 0.103 e. The highest BCUT2D eigenvalue weighted by molar-refractivity contribution is 7.98. The zero-order chi connectivity index (χ0) is 11.1. The van der Waals surface area contributed by atoms with Gasteiger partial charge < -0.3 is 5.32 Å². The third-order valence-corrected chi connectivity index (χ3v) is 3.95. The highest BCUT2D eigenvalue weighted by Gasteiger charge is 2.01. The Labute approximate surface area is 101 Å². The van der Waals surface area contributed by atoms with Gasteiger partial charge in [-0.1, -0.05) is 20.8 Å². The van der Waals surface area contributed by atoms with E-state index in [-0.39, 0.29) is 0 Å². The minimum atomic E-state index is 0.716. The summed E-state index contributed by atoms with van der Waals surface area (Å²) in [7, 11) is 0. The predicted molar refractivity (Wildman–Crippen MR) is 70.5 cm³/mol. The average molecular weight is 244 g/mol. The van der Waals surface area contributed by atoms with E-state index in [4.69, 9.17) is 0 Å². The third-order valence-electron chi connectivity index (χ3n) is 1.88. The number of nitrogens with zero attached hydrogens (tertiary/aromatic N) is 1. The highest BCUT2D eigenvalue weighted by Crippen LogP contribution is 2.18. The van der Waals surface area contributed by atoms with Crippen molar-refractivity contribution in [3.8, 4) is 0 Å².